The quantitative estimate of drug-likeness (QED) is 0.801. The molecule has 2 N–H and O–H groups in total. The van der Waals surface area contributed by atoms with Gasteiger partial charge in [0.15, 0.2) is 6.10 Å². The molecule has 0 saturated heterocycles. The third kappa shape index (κ3) is 3.34. The maximum absolute atomic E-state index is 12.3. The second kappa shape index (κ2) is 4.70. The van der Waals surface area contributed by atoms with E-state index in [9.17, 15) is 13.2 Å². The molecule has 0 aliphatic heterocycles. The van der Waals surface area contributed by atoms with Crippen LogP contribution in [-0.2, 0) is 4.74 Å². The molecule has 1 saturated carbocycles. The summed E-state index contributed by atoms with van der Waals surface area (Å²) in [6, 6.07) is 0. The minimum atomic E-state index is -4.29. The zero-order valence-electron chi connectivity index (χ0n) is 8.94. The van der Waals surface area contributed by atoms with Crippen molar-refractivity contribution in [3.05, 3.63) is 0 Å². The zero-order chi connectivity index (χ0) is 11.5. The number of hydrogen-bond acceptors (Lipinski definition) is 2. The fourth-order valence-corrected chi connectivity index (χ4v) is 2.01. The van der Waals surface area contributed by atoms with Crippen LogP contribution in [0.2, 0.25) is 0 Å². The predicted octanol–water partition coefficient (Wildman–Crippen LogP) is 2.62. The molecular formula is C10H18F3NO. The topological polar surface area (TPSA) is 35.2 Å². The lowest BCUT2D eigenvalue weighted by molar-refractivity contribution is -0.250. The standard InChI is InChI=1S/C10H18F3NO/c1-8(10(11,12)13)15-9(7-14)5-3-2-4-6-9/h8H,2-7,14H2,1H3. The van der Waals surface area contributed by atoms with Gasteiger partial charge in [0.1, 0.15) is 0 Å². The number of ether oxygens (including phenoxy) is 1. The van der Waals surface area contributed by atoms with Crippen LogP contribution in [0.4, 0.5) is 13.2 Å². The fraction of sp³-hybridized carbons (Fsp3) is 1.00. The lowest BCUT2D eigenvalue weighted by Gasteiger charge is -2.38. The van der Waals surface area contributed by atoms with Crippen LogP contribution < -0.4 is 5.73 Å². The number of nitrogens with two attached hydrogens (primary N) is 1. The van der Waals surface area contributed by atoms with Gasteiger partial charge in [-0.3, -0.25) is 0 Å². The third-order valence-electron chi connectivity index (χ3n) is 3.02. The van der Waals surface area contributed by atoms with E-state index in [-0.39, 0.29) is 6.54 Å². The summed E-state index contributed by atoms with van der Waals surface area (Å²) in [4.78, 5) is 0. The van der Waals surface area contributed by atoms with Gasteiger partial charge in [0, 0.05) is 6.54 Å². The van der Waals surface area contributed by atoms with E-state index >= 15 is 0 Å². The van der Waals surface area contributed by atoms with Gasteiger partial charge in [-0.2, -0.15) is 13.2 Å². The molecule has 1 atom stereocenters. The first-order chi connectivity index (χ1) is 6.90. The van der Waals surface area contributed by atoms with Crippen molar-refractivity contribution in [2.75, 3.05) is 6.54 Å². The highest BCUT2D eigenvalue weighted by Crippen LogP contribution is 2.35. The number of rotatable bonds is 3. The van der Waals surface area contributed by atoms with Crippen molar-refractivity contribution in [1.82, 2.24) is 0 Å². The number of halogens is 3. The van der Waals surface area contributed by atoms with Gasteiger partial charge in [0.05, 0.1) is 5.60 Å². The molecule has 1 aliphatic carbocycles. The van der Waals surface area contributed by atoms with Gasteiger partial charge in [-0.15, -0.1) is 0 Å². The van der Waals surface area contributed by atoms with Crippen molar-refractivity contribution in [1.29, 1.82) is 0 Å². The van der Waals surface area contributed by atoms with Crippen LogP contribution in [0.5, 0.6) is 0 Å². The molecular weight excluding hydrogens is 207 g/mol. The molecule has 1 fully saturated rings. The lowest BCUT2D eigenvalue weighted by atomic mass is 9.84. The molecule has 0 spiro atoms. The monoisotopic (exact) mass is 225 g/mol. The van der Waals surface area contributed by atoms with Crippen LogP contribution >= 0.6 is 0 Å². The summed E-state index contributed by atoms with van der Waals surface area (Å²) >= 11 is 0. The molecule has 0 amide bonds. The molecule has 15 heavy (non-hydrogen) atoms. The van der Waals surface area contributed by atoms with Crippen molar-refractivity contribution >= 4 is 0 Å². The molecule has 0 aromatic rings. The highest BCUT2D eigenvalue weighted by atomic mass is 19.4. The van der Waals surface area contributed by atoms with E-state index < -0.39 is 17.9 Å². The highest BCUT2D eigenvalue weighted by molar-refractivity contribution is 4.87. The van der Waals surface area contributed by atoms with E-state index in [1.165, 1.54) is 0 Å². The summed E-state index contributed by atoms with van der Waals surface area (Å²) < 4.78 is 42.2. The fourth-order valence-electron chi connectivity index (χ4n) is 2.01. The molecule has 0 heterocycles. The van der Waals surface area contributed by atoms with Crippen molar-refractivity contribution in [3.8, 4) is 0 Å². The van der Waals surface area contributed by atoms with Crippen LogP contribution in [0, 0.1) is 0 Å². The predicted molar refractivity (Wildman–Crippen MR) is 51.5 cm³/mol. The SMILES string of the molecule is CC(OC1(CN)CCCCC1)C(F)(F)F. The van der Waals surface area contributed by atoms with Crippen molar-refractivity contribution in [2.45, 2.75) is 56.9 Å². The Bertz CT molecular complexity index is 199. The van der Waals surface area contributed by atoms with Gasteiger partial charge in [0.2, 0.25) is 0 Å². The third-order valence-corrected chi connectivity index (χ3v) is 3.02. The first kappa shape index (κ1) is 12.8. The normalized spacial score (nSPS) is 23.8. The molecule has 0 aromatic carbocycles. The van der Waals surface area contributed by atoms with Crippen LogP contribution in [0.1, 0.15) is 39.0 Å². The Balaban J connectivity index is 2.59. The van der Waals surface area contributed by atoms with Crippen LogP contribution in [0.25, 0.3) is 0 Å². The summed E-state index contributed by atoms with van der Waals surface area (Å²) in [6.07, 6.45) is -1.86. The lowest BCUT2D eigenvalue weighted by Crippen LogP contribution is -2.47. The highest BCUT2D eigenvalue weighted by Gasteiger charge is 2.43. The van der Waals surface area contributed by atoms with Crippen molar-refractivity contribution < 1.29 is 17.9 Å². The molecule has 1 aliphatic rings. The minimum Gasteiger partial charge on any atom is -0.361 e. The van der Waals surface area contributed by atoms with Crippen LogP contribution in [0.3, 0.4) is 0 Å². The van der Waals surface area contributed by atoms with E-state index in [0.29, 0.717) is 12.8 Å². The smallest absolute Gasteiger partial charge is 0.361 e. The van der Waals surface area contributed by atoms with E-state index in [2.05, 4.69) is 0 Å². The largest absolute Gasteiger partial charge is 0.414 e. The minimum absolute atomic E-state index is 0.174. The summed E-state index contributed by atoms with van der Waals surface area (Å²) in [5, 5.41) is 0. The Morgan fingerprint density at radius 3 is 2.20 bits per heavy atom. The Kier molecular flexibility index (Phi) is 4.00. The molecule has 1 rings (SSSR count). The summed E-state index contributed by atoms with van der Waals surface area (Å²) in [7, 11) is 0. The molecule has 5 heteroatoms. The maximum atomic E-state index is 12.3. The summed E-state index contributed by atoms with van der Waals surface area (Å²) in [5.41, 5.74) is 4.79. The van der Waals surface area contributed by atoms with Crippen LogP contribution in [0.15, 0.2) is 0 Å². The first-order valence-electron chi connectivity index (χ1n) is 5.34. The van der Waals surface area contributed by atoms with Crippen molar-refractivity contribution in [2.24, 2.45) is 5.73 Å². The van der Waals surface area contributed by atoms with E-state index in [1.807, 2.05) is 0 Å². The molecule has 1 unspecified atom stereocenters. The number of hydrogen-bond donors (Lipinski definition) is 1. The summed E-state index contributed by atoms with van der Waals surface area (Å²) in [6.45, 7) is 1.22. The maximum Gasteiger partial charge on any atom is 0.414 e. The number of alkyl halides is 3. The molecule has 0 bridgehead atoms. The Labute approximate surface area is 88.0 Å². The average Bonchev–Trinajstić information content (AvgIpc) is 2.18. The van der Waals surface area contributed by atoms with Gasteiger partial charge < -0.3 is 10.5 Å². The average molecular weight is 225 g/mol. The van der Waals surface area contributed by atoms with Gasteiger partial charge in [-0.25, -0.2) is 0 Å². The first-order valence-corrected chi connectivity index (χ1v) is 5.34. The molecule has 2 nitrogen and oxygen atoms in total. The second-order valence-electron chi connectivity index (χ2n) is 4.25. The Morgan fingerprint density at radius 2 is 1.80 bits per heavy atom. The van der Waals surface area contributed by atoms with Gasteiger partial charge >= 0.3 is 6.18 Å². The second-order valence-corrected chi connectivity index (χ2v) is 4.25. The zero-order valence-corrected chi connectivity index (χ0v) is 8.94. The van der Waals surface area contributed by atoms with Crippen LogP contribution in [-0.4, -0.2) is 24.4 Å². The van der Waals surface area contributed by atoms with Gasteiger partial charge in [0.25, 0.3) is 0 Å². The molecule has 0 aromatic heterocycles. The van der Waals surface area contributed by atoms with E-state index in [1.54, 1.807) is 0 Å². The molecule has 90 valence electrons. The van der Waals surface area contributed by atoms with E-state index in [0.717, 1.165) is 26.2 Å². The van der Waals surface area contributed by atoms with E-state index in [4.69, 9.17) is 10.5 Å². The Hall–Kier alpha value is -0.290. The Morgan fingerprint density at radius 1 is 1.27 bits per heavy atom. The molecule has 0 radical (unpaired) electrons. The van der Waals surface area contributed by atoms with Crippen molar-refractivity contribution in [3.63, 3.8) is 0 Å². The van der Waals surface area contributed by atoms with Gasteiger partial charge in [-0.05, 0) is 19.8 Å². The van der Waals surface area contributed by atoms with Gasteiger partial charge in [-0.1, -0.05) is 19.3 Å². The summed E-state index contributed by atoms with van der Waals surface area (Å²) in [5.74, 6) is 0.